The van der Waals surface area contributed by atoms with E-state index in [2.05, 4.69) is 54.5 Å². The number of thioether (sulfide) groups is 1. The van der Waals surface area contributed by atoms with Gasteiger partial charge in [-0.25, -0.2) is 4.98 Å². The molecule has 0 aromatic carbocycles. The highest BCUT2D eigenvalue weighted by Crippen LogP contribution is 2.17. The van der Waals surface area contributed by atoms with Crippen molar-refractivity contribution in [3.05, 3.63) is 23.9 Å². The molecule has 0 amide bonds. The van der Waals surface area contributed by atoms with E-state index >= 15 is 0 Å². The summed E-state index contributed by atoms with van der Waals surface area (Å²) in [5.41, 5.74) is 1.30. The minimum atomic E-state index is 0.385. The summed E-state index contributed by atoms with van der Waals surface area (Å²) in [4.78, 5) is 6.63. The molecule has 1 N–H and O–H groups in total. The summed E-state index contributed by atoms with van der Waals surface area (Å²) in [7, 11) is 2.10. The maximum absolute atomic E-state index is 4.42. The van der Waals surface area contributed by atoms with Gasteiger partial charge in [0.25, 0.3) is 0 Å². The monoisotopic (exact) mass is 253 g/mol. The third-order valence-electron chi connectivity index (χ3n) is 2.80. The number of pyridine rings is 1. The molecule has 0 aliphatic carbocycles. The summed E-state index contributed by atoms with van der Waals surface area (Å²) in [6.45, 7) is 6.34. The van der Waals surface area contributed by atoms with Crippen LogP contribution in [-0.4, -0.2) is 37.1 Å². The summed E-state index contributed by atoms with van der Waals surface area (Å²) in [6.07, 6.45) is 4.03. The first-order chi connectivity index (χ1) is 8.19. The van der Waals surface area contributed by atoms with Gasteiger partial charge in [-0.05, 0) is 37.4 Å². The summed E-state index contributed by atoms with van der Waals surface area (Å²) in [5.74, 6) is 2.19. The highest BCUT2D eigenvalue weighted by atomic mass is 32.2. The van der Waals surface area contributed by atoms with Crippen molar-refractivity contribution in [2.45, 2.75) is 19.9 Å². The number of hydrogen-bond acceptors (Lipinski definition) is 4. The van der Waals surface area contributed by atoms with E-state index in [1.165, 1.54) is 5.56 Å². The fourth-order valence-electron chi connectivity index (χ4n) is 1.68. The number of anilines is 1. The molecule has 3 nitrogen and oxygen atoms in total. The van der Waals surface area contributed by atoms with E-state index in [9.17, 15) is 0 Å². The van der Waals surface area contributed by atoms with Crippen molar-refractivity contribution >= 4 is 17.6 Å². The zero-order valence-electron chi connectivity index (χ0n) is 11.2. The van der Waals surface area contributed by atoms with Gasteiger partial charge in [0.1, 0.15) is 5.82 Å². The lowest BCUT2D eigenvalue weighted by Crippen LogP contribution is -2.22. The number of nitrogens with one attached hydrogen (secondary N) is 1. The molecular formula is C13H23N3S. The molecule has 96 valence electrons. The van der Waals surface area contributed by atoms with E-state index in [0.29, 0.717) is 6.04 Å². The number of nitrogens with zero attached hydrogens (tertiary/aromatic N) is 2. The van der Waals surface area contributed by atoms with Crippen LogP contribution in [0.5, 0.6) is 0 Å². The van der Waals surface area contributed by atoms with Crippen LogP contribution in [0.3, 0.4) is 0 Å². The van der Waals surface area contributed by atoms with Gasteiger partial charge in [0.05, 0.1) is 0 Å². The van der Waals surface area contributed by atoms with E-state index in [1.807, 2.05) is 18.0 Å². The maximum atomic E-state index is 4.42. The van der Waals surface area contributed by atoms with Crippen LogP contribution in [0.4, 0.5) is 5.82 Å². The molecule has 0 saturated carbocycles. The minimum absolute atomic E-state index is 0.385. The Morgan fingerprint density at radius 2 is 2.29 bits per heavy atom. The summed E-state index contributed by atoms with van der Waals surface area (Å²) in [6, 6.07) is 4.64. The van der Waals surface area contributed by atoms with Crippen molar-refractivity contribution in [1.29, 1.82) is 0 Å². The third-order valence-corrected chi connectivity index (χ3v) is 3.39. The highest BCUT2D eigenvalue weighted by molar-refractivity contribution is 7.98. The second-order valence-corrected chi connectivity index (χ2v) is 5.13. The molecule has 0 aliphatic rings. The summed E-state index contributed by atoms with van der Waals surface area (Å²) in [5, 5.41) is 3.42. The van der Waals surface area contributed by atoms with Crippen LogP contribution in [0.1, 0.15) is 25.5 Å². The Labute approximate surface area is 109 Å². The molecule has 17 heavy (non-hydrogen) atoms. The predicted molar refractivity (Wildman–Crippen MR) is 78.0 cm³/mol. The smallest absolute Gasteiger partial charge is 0.128 e. The first-order valence-electron chi connectivity index (χ1n) is 6.08. The van der Waals surface area contributed by atoms with Gasteiger partial charge in [0, 0.05) is 31.6 Å². The van der Waals surface area contributed by atoms with E-state index in [4.69, 9.17) is 0 Å². The van der Waals surface area contributed by atoms with Crippen molar-refractivity contribution in [2.75, 3.05) is 37.0 Å². The molecule has 0 aliphatic heterocycles. The molecule has 1 aromatic heterocycles. The fourth-order valence-corrected chi connectivity index (χ4v) is 2.14. The Hall–Kier alpha value is -0.740. The first-order valence-corrected chi connectivity index (χ1v) is 7.47. The van der Waals surface area contributed by atoms with Crippen LogP contribution in [0.25, 0.3) is 0 Å². The Bertz CT molecular complexity index is 330. The molecule has 1 unspecified atom stereocenters. The van der Waals surface area contributed by atoms with Crippen molar-refractivity contribution in [1.82, 2.24) is 10.3 Å². The van der Waals surface area contributed by atoms with Gasteiger partial charge in [-0.3, -0.25) is 0 Å². The van der Waals surface area contributed by atoms with E-state index in [-0.39, 0.29) is 0 Å². The van der Waals surface area contributed by atoms with Crippen LogP contribution >= 0.6 is 11.8 Å². The zero-order valence-corrected chi connectivity index (χ0v) is 12.0. The second kappa shape index (κ2) is 7.56. The van der Waals surface area contributed by atoms with Crippen LogP contribution < -0.4 is 10.2 Å². The molecule has 1 atom stereocenters. The minimum Gasteiger partial charge on any atom is -0.359 e. The fraction of sp³-hybridized carbons (Fsp3) is 0.615. The van der Waals surface area contributed by atoms with Crippen LogP contribution in [-0.2, 0) is 0 Å². The molecular weight excluding hydrogens is 230 g/mol. The molecule has 0 fully saturated rings. The Kier molecular flexibility index (Phi) is 6.37. The molecule has 4 heteroatoms. The average molecular weight is 253 g/mol. The molecule has 0 radical (unpaired) electrons. The van der Waals surface area contributed by atoms with E-state index in [0.717, 1.165) is 24.7 Å². The SMILES string of the molecule is CCNC(C)c1ccnc(N(C)CCSC)c1. The first kappa shape index (κ1) is 14.3. The number of hydrogen-bond donors (Lipinski definition) is 1. The third kappa shape index (κ3) is 4.56. The Morgan fingerprint density at radius 1 is 1.53 bits per heavy atom. The normalized spacial score (nSPS) is 12.5. The lowest BCUT2D eigenvalue weighted by Gasteiger charge is -2.20. The van der Waals surface area contributed by atoms with E-state index < -0.39 is 0 Å². The maximum Gasteiger partial charge on any atom is 0.128 e. The van der Waals surface area contributed by atoms with Crippen LogP contribution in [0, 0.1) is 0 Å². The Balaban J connectivity index is 2.70. The number of rotatable bonds is 7. The van der Waals surface area contributed by atoms with Gasteiger partial charge in [0.15, 0.2) is 0 Å². The summed E-state index contributed by atoms with van der Waals surface area (Å²) >= 11 is 1.86. The quantitative estimate of drug-likeness (QED) is 0.808. The standard InChI is InChI=1S/C13H23N3S/c1-5-14-11(2)12-6-7-15-13(10-12)16(3)8-9-17-4/h6-7,10-11,14H,5,8-9H2,1-4H3. The zero-order chi connectivity index (χ0) is 12.7. The van der Waals surface area contributed by atoms with Gasteiger partial charge in [-0.2, -0.15) is 11.8 Å². The number of aromatic nitrogens is 1. The lowest BCUT2D eigenvalue weighted by atomic mass is 10.1. The van der Waals surface area contributed by atoms with Crippen molar-refractivity contribution < 1.29 is 0 Å². The molecule has 0 saturated heterocycles. The van der Waals surface area contributed by atoms with Crippen molar-refractivity contribution in [3.8, 4) is 0 Å². The lowest BCUT2D eigenvalue weighted by molar-refractivity contribution is 0.597. The largest absolute Gasteiger partial charge is 0.359 e. The van der Waals surface area contributed by atoms with Gasteiger partial charge >= 0.3 is 0 Å². The summed E-state index contributed by atoms with van der Waals surface area (Å²) < 4.78 is 0. The second-order valence-electron chi connectivity index (χ2n) is 4.14. The average Bonchev–Trinajstić information content (AvgIpc) is 2.36. The van der Waals surface area contributed by atoms with Gasteiger partial charge in [-0.1, -0.05) is 6.92 Å². The van der Waals surface area contributed by atoms with Gasteiger partial charge < -0.3 is 10.2 Å². The highest BCUT2D eigenvalue weighted by Gasteiger charge is 2.07. The molecule has 1 rings (SSSR count). The van der Waals surface area contributed by atoms with Crippen molar-refractivity contribution in [2.24, 2.45) is 0 Å². The molecule has 1 heterocycles. The Morgan fingerprint density at radius 3 is 2.94 bits per heavy atom. The predicted octanol–water partition coefficient (Wildman–Crippen LogP) is 2.55. The molecule has 1 aromatic rings. The van der Waals surface area contributed by atoms with Crippen LogP contribution in [0.15, 0.2) is 18.3 Å². The molecule has 0 spiro atoms. The van der Waals surface area contributed by atoms with Gasteiger partial charge in [-0.15, -0.1) is 0 Å². The van der Waals surface area contributed by atoms with Crippen molar-refractivity contribution in [3.63, 3.8) is 0 Å². The van der Waals surface area contributed by atoms with Gasteiger partial charge in [0.2, 0.25) is 0 Å². The van der Waals surface area contributed by atoms with Crippen LogP contribution in [0.2, 0.25) is 0 Å². The molecule has 0 bridgehead atoms. The van der Waals surface area contributed by atoms with E-state index in [1.54, 1.807) is 0 Å². The topological polar surface area (TPSA) is 28.2 Å².